The first kappa shape index (κ1) is 42.2. The molecule has 14 nitrogen and oxygen atoms in total. The minimum absolute atomic E-state index is 0.0313. The lowest BCUT2D eigenvalue weighted by Gasteiger charge is -2.40. The summed E-state index contributed by atoms with van der Waals surface area (Å²) in [5.74, 6) is 2.06. The Kier molecular flexibility index (Phi) is 12.2. The monoisotopic (exact) mass is 875 g/mol. The molecule has 16 heteroatoms. The number of hydrogen-bond donors (Lipinski definition) is 10. The number of nitrogens with one attached hydrogen (secondary N) is 10. The fraction of sp³-hybridized carbons (Fsp3) is 1.00. The average Bonchev–Trinajstić information content (AvgIpc) is 4.00. The van der Waals surface area contributed by atoms with Crippen molar-refractivity contribution in [2.45, 2.75) is 226 Å². The lowest BCUT2D eigenvalue weighted by Crippen LogP contribution is -2.62. The Morgan fingerprint density at radius 2 is 0.550 bits per heavy atom. The zero-order chi connectivity index (χ0) is 40.6. The molecule has 11 rings (SSSR count). The fourth-order valence-electron chi connectivity index (χ4n) is 15.8. The molecule has 0 aromatic heterocycles. The molecule has 6 saturated carbocycles. The summed E-state index contributed by atoms with van der Waals surface area (Å²) in [7, 11) is -7.18. The standard InChI is InChI=1S/C44H78N10O4S2/c55-59(56,53-25-13-3-1-4-14-25)33-23-11-21-31-35(33)44-50-41(31)48-39-28-18-8-7-17-27(28)37(46-39)45-38-29-19-9-10-20-30(29)40(47-38)49-43-36-32(42(51-43)52-44)22-12-24-34(36)60(57,58)54-26-15-5-2-6-16-26/h25-54H,1-24H2. The Bertz CT molecular complexity index is 1680. The van der Waals surface area contributed by atoms with Gasteiger partial charge in [-0.3, -0.25) is 42.5 Å². The molecule has 0 amide bonds. The van der Waals surface area contributed by atoms with Crippen LogP contribution in [0.4, 0.5) is 0 Å². The van der Waals surface area contributed by atoms with E-state index in [1.165, 1.54) is 64.2 Å². The van der Waals surface area contributed by atoms with Crippen molar-refractivity contribution in [3.63, 3.8) is 0 Å². The minimum Gasteiger partial charge on any atom is -0.286 e. The molecule has 11 fully saturated rings. The number of fused-ring (bicyclic) bond motifs is 20. The topological polar surface area (TPSA) is 189 Å². The molecule has 5 aliphatic heterocycles. The van der Waals surface area contributed by atoms with Gasteiger partial charge in [-0.05, 0) is 113 Å². The Labute approximate surface area is 360 Å². The summed E-state index contributed by atoms with van der Waals surface area (Å²) in [6, 6.07) is 0.0626. The second-order valence-corrected chi connectivity index (χ2v) is 25.7. The Balaban J connectivity index is 0.949. The lowest BCUT2D eigenvalue weighted by atomic mass is 9.76. The average molecular weight is 875 g/mol. The molecule has 10 N–H and O–H groups in total. The number of rotatable bonds is 6. The lowest BCUT2D eigenvalue weighted by molar-refractivity contribution is 0.168. The summed E-state index contributed by atoms with van der Waals surface area (Å²) in [5, 5.41) is 32.0. The first-order valence-electron chi connectivity index (χ1n) is 25.3. The van der Waals surface area contributed by atoms with Gasteiger partial charge in [-0.25, -0.2) is 26.3 Å². The smallest absolute Gasteiger partial charge is 0.215 e. The summed E-state index contributed by atoms with van der Waals surface area (Å²) in [5.41, 5.74) is 0. The third-order valence-electron chi connectivity index (χ3n) is 18.5. The van der Waals surface area contributed by atoms with Gasteiger partial charge in [0.25, 0.3) is 0 Å². The van der Waals surface area contributed by atoms with E-state index in [-0.39, 0.29) is 85.1 Å². The van der Waals surface area contributed by atoms with Gasteiger partial charge in [0.1, 0.15) is 0 Å². The predicted octanol–water partition coefficient (Wildman–Crippen LogP) is 3.07. The predicted molar refractivity (Wildman–Crippen MR) is 233 cm³/mol. The van der Waals surface area contributed by atoms with Gasteiger partial charge < -0.3 is 0 Å². The molecule has 5 saturated heterocycles. The van der Waals surface area contributed by atoms with Gasteiger partial charge in [0, 0.05) is 23.9 Å². The van der Waals surface area contributed by atoms with Crippen LogP contribution in [0.5, 0.6) is 0 Å². The fourth-order valence-corrected chi connectivity index (χ4v) is 20.1. The second kappa shape index (κ2) is 17.4. The van der Waals surface area contributed by atoms with E-state index in [1.54, 1.807) is 0 Å². The second-order valence-electron chi connectivity index (χ2n) is 21.8. The van der Waals surface area contributed by atoms with Crippen LogP contribution in [0.2, 0.25) is 0 Å². The van der Waals surface area contributed by atoms with E-state index in [0.717, 1.165) is 77.0 Å². The van der Waals surface area contributed by atoms with Crippen LogP contribution in [-0.4, -0.2) is 88.7 Å². The van der Waals surface area contributed by atoms with Gasteiger partial charge in [0.2, 0.25) is 20.0 Å². The highest BCUT2D eigenvalue weighted by molar-refractivity contribution is 7.90. The maximum atomic E-state index is 14.7. The zero-order valence-corrected chi connectivity index (χ0v) is 37.6. The van der Waals surface area contributed by atoms with Crippen LogP contribution in [0, 0.1) is 47.3 Å². The van der Waals surface area contributed by atoms with E-state index in [9.17, 15) is 16.8 Å². The summed E-state index contributed by atoms with van der Waals surface area (Å²) in [6.07, 6.45) is 25.3. The zero-order valence-electron chi connectivity index (χ0n) is 36.0. The number of hydrogen-bond acceptors (Lipinski definition) is 12. The maximum absolute atomic E-state index is 14.7. The molecule has 0 radical (unpaired) electrons. The van der Waals surface area contributed by atoms with Crippen molar-refractivity contribution in [3.8, 4) is 0 Å². The van der Waals surface area contributed by atoms with Crippen LogP contribution < -0.4 is 52.0 Å². The molecule has 340 valence electrons. The molecule has 0 aromatic carbocycles. The van der Waals surface area contributed by atoms with Crippen LogP contribution in [0.1, 0.15) is 154 Å². The van der Waals surface area contributed by atoms with Gasteiger partial charge in [-0.15, -0.1) is 0 Å². The minimum atomic E-state index is -3.59. The first-order chi connectivity index (χ1) is 29.2. The molecule has 0 spiro atoms. The van der Waals surface area contributed by atoms with E-state index in [2.05, 4.69) is 52.0 Å². The van der Waals surface area contributed by atoms with E-state index in [1.807, 2.05) is 0 Å². The quantitative estimate of drug-likeness (QED) is 0.188. The molecule has 5 heterocycles. The molecule has 60 heavy (non-hydrogen) atoms. The maximum Gasteiger partial charge on any atom is 0.215 e. The van der Waals surface area contributed by atoms with Crippen molar-refractivity contribution in [1.29, 1.82) is 0 Å². The normalized spacial score (nSPS) is 49.1. The summed E-state index contributed by atoms with van der Waals surface area (Å²) in [4.78, 5) is 0. The van der Waals surface area contributed by atoms with Crippen molar-refractivity contribution >= 4 is 20.0 Å². The van der Waals surface area contributed by atoms with Crippen molar-refractivity contribution in [1.82, 2.24) is 52.0 Å². The van der Waals surface area contributed by atoms with Gasteiger partial charge in [-0.1, -0.05) is 77.0 Å². The van der Waals surface area contributed by atoms with Crippen LogP contribution in [-0.2, 0) is 20.0 Å². The first-order valence-corrected chi connectivity index (χ1v) is 28.4. The van der Waals surface area contributed by atoms with Crippen molar-refractivity contribution in [2.24, 2.45) is 47.3 Å². The molecule has 11 aliphatic rings. The van der Waals surface area contributed by atoms with Crippen molar-refractivity contribution in [2.75, 3.05) is 0 Å². The van der Waals surface area contributed by atoms with Crippen LogP contribution in [0.15, 0.2) is 0 Å². The summed E-state index contributed by atoms with van der Waals surface area (Å²) >= 11 is 0. The van der Waals surface area contributed by atoms with E-state index in [4.69, 9.17) is 0 Å². The third kappa shape index (κ3) is 8.00. The van der Waals surface area contributed by atoms with Gasteiger partial charge in [0.05, 0.1) is 59.8 Å². The largest absolute Gasteiger partial charge is 0.286 e. The van der Waals surface area contributed by atoms with Crippen LogP contribution in [0.3, 0.4) is 0 Å². The van der Waals surface area contributed by atoms with Crippen molar-refractivity contribution in [3.05, 3.63) is 0 Å². The molecule has 6 aliphatic carbocycles. The molecular formula is C44H78N10O4S2. The molecule has 0 aromatic rings. The molecule has 18 atom stereocenters. The van der Waals surface area contributed by atoms with Crippen LogP contribution in [0.25, 0.3) is 0 Å². The Morgan fingerprint density at radius 3 is 0.883 bits per heavy atom. The Hall–Kier alpha value is -0.500. The molecule has 8 bridgehead atoms. The summed E-state index contributed by atoms with van der Waals surface area (Å²) in [6.45, 7) is 0. The highest BCUT2D eigenvalue weighted by Gasteiger charge is 2.59. The SMILES string of the molecule is O=S(=O)(NC1CCCCC1)C1CCCC2C3NC(NC4NC(NC5NC(NC6NC(N3)C3C6CCCC3S(=O)(=O)NC3CCCCC3)C3CCCCC53)C3CCCCC43)C21. The van der Waals surface area contributed by atoms with E-state index >= 15 is 0 Å². The third-order valence-corrected chi connectivity index (χ3v) is 22.5. The van der Waals surface area contributed by atoms with E-state index < -0.39 is 30.5 Å². The summed E-state index contributed by atoms with van der Waals surface area (Å²) < 4.78 is 65.2. The van der Waals surface area contributed by atoms with Gasteiger partial charge in [-0.2, -0.15) is 0 Å². The highest BCUT2D eigenvalue weighted by Crippen LogP contribution is 2.47. The van der Waals surface area contributed by atoms with E-state index in [0.29, 0.717) is 36.5 Å². The van der Waals surface area contributed by atoms with Gasteiger partial charge >= 0.3 is 0 Å². The van der Waals surface area contributed by atoms with Gasteiger partial charge in [0.15, 0.2) is 0 Å². The molecular weight excluding hydrogens is 797 g/mol. The number of sulfonamides is 2. The highest BCUT2D eigenvalue weighted by atomic mass is 32.2. The Morgan fingerprint density at radius 1 is 0.283 bits per heavy atom. The van der Waals surface area contributed by atoms with Crippen LogP contribution >= 0.6 is 0 Å². The van der Waals surface area contributed by atoms with Crippen molar-refractivity contribution < 1.29 is 16.8 Å². The molecule has 18 unspecified atom stereocenters.